The molecule has 1 heterocycles. The first-order chi connectivity index (χ1) is 8.97. The molecule has 5 nitrogen and oxygen atoms in total. The highest BCUT2D eigenvalue weighted by molar-refractivity contribution is 6.03. The fourth-order valence-corrected chi connectivity index (χ4v) is 1.75. The highest BCUT2D eigenvalue weighted by Gasteiger charge is 2.10. The lowest BCUT2D eigenvalue weighted by molar-refractivity contribution is 0.102. The normalized spacial score (nSPS) is 10.3. The SMILES string of the molecule is Cc1cc(C)c(NC(=O)c2ccc(=O)[nH]n2)cc1C. The molecule has 0 atom stereocenters. The Morgan fingerprint density at radius 2 is 1.79 bits per heavy atom. The number of amides is 1. The average Bonchev–Trinajstić information content (AvgIpc) is 2.36. The van der Waals surface area contributed by atoms with Crippen LogP contribution in [0.5, 0.6) is 0 Å². The van der Waals surface area contributed by atoms with E-state index in [0.717, 1.165) is 16.8 Å². The fraction of sp³-hybridized carbons (Fsp3) is 0.214. The molecule has 0 saturated carbocycles. The summed E-state index contributed by atoms with van der Waals surface area (Å²) >= 11 is 0. The van der Waals surface area contributed by atoms with Crippen molar-refractivity contribution in [1.29, 1.82) is 0 Å². The Hall–Kier alpha value is -2.43. The molecule has 0 aliphatic carbocycles. The topological polar surface area (TPSA) is 74.8 Å². The zero-order valence-electron chi connectivity index (χ0n) is 11.1. The molecule has 0 spiro atoms. The summed E-state index contributed by atoms with van der Waals surface area (Å²) in [5.41, 5.74) is 3.87. The first-order valence-corrected chi connectivity index (χ1v) is 5.92. The number of nitrogens with zero attached hydrogens (tertiary/aromatic N) is 1. The fourth-order valence-electron chi connectivity index (χ4n) is 1.75. The number of aromatic nitrogens is 2. The van der Waals surface area contributed by atoms with Crippen LogP contribution >= 0.6 is 0 Å². The van der Waals surface area contributed by atoms with Crippen molar-refractivity contribution in [2.75, 3.05) is 5.32 Å². The number of anilines is 1. The number of aryl methyl sites for hydroxylation is 3. The maximum Gasteiger partial charge on any atom is 0.276 e. The van der Waals surface area contributed by atoms with Crippen molar-refractivity contribution >= 4 is 11.6 Å². The van der Waals surface area contributed by atoms with Crippen molar-refractivity contribution < 1.29 is 4.79 Å². The number of H-pyrrole nitrogens is 1. The Morgan fingerprint density at radius 3 is 2.42 bits per heavy atom. The number of hydrogen-bond donors (Lipinski definition) is 2. The molecule has 0 aliphatic heterocycles. The Labute approximate surface area is 110 Å². The maximum atomic E-state index is 12.0. The lowest BCUT2D eigenvalue weighted by atomic mass is 10.0. The molecule has 0 radical (unpaired) electrons. The number of rotatable bonds is 2. The van der Waals surface area contributed by atoms with Gasteiger partial charge in [-0.25, -0.2) is 5.10 Å². The summed E-state index contributed by atoms with van der Waals surface area (Å²) in [6, 6.07) is 6.61. The molecule has 98 valence electrons. The molecule has 5 heteroatoms. The second kappa shape index (κ2) is 5.06. The van der Waals surface area contributed by atoms with E-state index in [2.05, 4.69) is 15.5 Å². The van der Waals surface area contributed by atoms with Gasteiger partial charge in [-0.2, -0.15) is 5.10 Å². The van der Waals surface area contributed by atoms with Crippen LogP contribution in [0.4, 0.5) is 5.69 Å². The van der Waals surface area contributed by atoms with Crippen LogP contribution in [0.3, 0.4) is 0 Å². The van der Waals surface area contributed by atoms with Gasteiger partial charge in [0, 0.05) is 11.8 Å². The van der Waals surface area contributed by atoms with Crippen molar-refractivity contribution in [1.82, 2.24) is 10.2 Å². The third kappa shape index (κ3) is 2.88. The maximum absolute atomic E-state index is 12.0. The van der Waals surface area contributed by atoms with Gasteiger partial charge in [0.15, 0.2) is 0 Å². The molecule has 1 amide bonds. The van der Waals surface area contributed by atoms with Gasteiger partial charge < -0.3 is 5.32 Å². The van der Waals surface area contributed by atoms with Crippen molar-refractivity contribution in [2.24, 2.45) is 0 Å². The van der Waals surface area contributed by atoms with Crippen molar-refractivity contribution in [3.8, 4) is 0 Å². The van der Waals surface area contributed by atoms with Gasteiger partial charge in [-0.3, -0.25) is 9.59 Å². The molecular formula is C14H15N3O2. The van der Waals surface area contributed by atoms with Gasteiger partial charge in [-0.1, -0.05) is 6.07 Å². The number of benzene rings is 1. The zero-order chi connectivity index (χ0) is 14.0. The quantitative estimate of drug-likeness (QED) is 0.863. The molecule has 19 heavy (non-hydrogen) atoms. The summed E-state index contributed by atoms with van der Waals surface area (Å²) in [5, 5.41) is 8.72. The van der Waals surface area contributed by atoms with Crippen molar-refractivity contribution in [3.05, 3.63) is 57.0 Å². The summed E-state index contributed by atoms with van der Waals surface area (Å²) in [7, 11) is 0. The first-order valence-electron chi connectivity index (χ1n) is 5.92. The van der Waals surface area contributed by atoms with E-state index in [4.69, 9.17) is 0 Å². The second-order valence-corrected chi connectivity index (χ2v) is 4.51. The molecule has 0 saturated heterocycles. The summed E-state index contributed by atoms with van der Waals surface area (Å²) in [6.45, 7) is 5.95. The van der Waals surface area contributed by atoms with Gasteiger partial charge in [0.25, 0.3) is 11.5 Å². The lowest BCUT2D eigenvalue weighted by Gasteiger charge is -2.10. The van der Waals surface area contributed by atoms with Crippen molar-refractivity contribution in [3.63, 3.8) is 0 Å². The van der Waals surface area contributed by atoms with E-state index in [1.165, 1.54) is 17.7 Å². The predicted molar refractivity (Wildman–Crippen MR) is 73.5 cm³/mol. The van der Waals surface area contributed by atoms with Crippen LogP contribution in [-0.2, 0) is 0 Å². The van der Waals surface area contributed by atoms with Crippen molar-refractivity contribution in [2.45, 2.75) is 20.8 Å². The van der Waals surface area contributed by atoms with E-state index in [1.54, 1.807) is 0 Å². The van der Waals surface area contributed by atoms with Crippen LogP contribution < -0.4 is 10.9 Å². The number of carbonyl (C=O) groups excluding carboxylic acids is 1. The summed E-state index contributed by atoms with van der Waals surface area (Å²) in [4.78, 5) is 22.9. The van der Waals surface area contributed by atoms with Gasteiger partial charge in [0.2, 0.25) is 0 Å². The van der Waals surface area contributed by atoms with Crippen LogP contribution in [0.25, 0.3) is 0 Å². The Bertz CT molecular complexity index is 669. The van der Waals surface area contributed by atoms with E-state index in [1.807, 2.05) is 32.9 Å². The van der Waals surface area contributed by atoms with Gasteiger partial charge in [-0.15, -0.1) is 0 Å². The third-order valence-electron chi connectivity index (χ3n) is 3.00. The van der Waals surface area contributed by atoms with Crippen LogP contribution in [0.1, 0.15) is 27.2 Å². The van der Waals surface area contributed by atoms with Crippen LogP contribution in [0.2, 0.25) is 0 Å². The van der Waals surface area contributed by atoms with Gasteiger partial charge in [-0.05, 0) is 49.6 Å². The molecule has 0 unspecified atom stereocenters. The summed E-state index contributed by atoms with van der Waals surface area (Å²) in [6.07, 6.45) is 0. The van der Waals surface area contributed by atoms with E-state index in [0.29, 0.717) is 0 Å². The van der Waals surface area contributed by atoms with Gasteiger partial charge >= 0.3 is 0 Å². The van der Waals surface area contributed by atoms with E-state index in [9.17, 15) is 9.59 Å². The first kappa shape index (κ1) is 13.0. The Morgan fingerprint density at radius 1 is 1.11 bits per heavy atom. The minimum Gasteiger partial charge on any atom is -0.320 e. The largest absolute Gasteiger partial charge is 0.320 e. The number of hydrogen-bond acceptors (Lipinski definition) is 3. The molecule has 2 rings (SSSR count). The minimum atomic E-state index is -0.345. The van der Waals surface area contributed by atoms with Gasteiger partial charge in [0.1, 0.15) is 5.69 Å². The summed E-state index contributed by atoms with van der Waals surface area (Å²) in [5.74, 6) is -0.345. The molecule has 0 aliphatic rings. The second-order valence-electron chi connectivity index (χ2n) is 4.51. The van der Waals surface area contributed by atoms with Gasteiger partial charge in [0.05, 0.1) is 0 Å². The molecule has 2 aromatic rings. The predicted octanol–water partition coefficient (Wildman–Crippen LogP) is 1.95. The molecular weight excluding hydrogens is 242 g/mol. The summed E-state index contributed by atoms with van der Waals surface area (Å²) < 4.78 is 0. The average molecular weight is 257 g/mol. The van der Waals surface area contributed by atoms with E-state index >= 15 is 0 Å². The Balaban J connectivity index is 2.26. The molecule has 1 aromatic carbocycles. The highest BCUT2D eigenvalue weighted by Crippen LogP contribution is 2.20. The molecule has 0 bridgehead atoms. The van der Waals surface area contributed by atoms with Crippen LogP contribution in [-0.4, -0.2) is 16.1 Å². The lowest BCUT2D eigenvalue weighted by Crippen LogP contribution is -2.18. The van der Waals surface area contributed by atoms with E-state index < -0.39 is 0 Å². The standard InChI is InChI=1S/C14H15N3O2/c1-8-6-10(3)12(7-9(8)2)15-14(19)11-4-5-13(18)17-16-11/h4-7H,1-3H3,(H,15,19)(H,17,18). The van der Waals surface area contributed by atoms with E-state index in [-0.39, 0.29) is 17.2 Å². The highest BCUT2D eigenvalue weighted by atomic mass is 16.2. The molecule has 2 N–H and O–H groups in total. The molecule has 1 aromatic heterocycles. The smallest absolute Gasteiger partial charge is 0.276 e. The monoisotopic (exact) mass is 257 g/mol. The number of aromatic amines is 1. The Kier molecular flexibility index (Phi) is 3.46. The van der Waals surface area contributed by atoms with Crippen LogP contribution in [0, 0.1) is 20.8 Å². The third-order valence-corrected chi connectivity index (χ3v) is 3.00. The zero-order valence-corrected chi connectivity index (χ0v) is 11.1. The molecule has 0 fully saturated rings. The number of nitrogens with one attached hydrogen (secondary N) is 2. The van der Waals surface area contributed by atoms with Crippen LogP contribution in [0.15, 0.2) is 29.1 Å². The minimum absolute atomic E-state index is 0.178. The number of carbonyl (C=O) groups is 1.